The average molecular weight is 391 g/mol. The predicted octanol–water partition coefficient (Wildman–Crippen LogP) is 3.81. The van der Waals surface area contributed by atoms with Crippen LogP contribution in [0.15, 0.2) is 34.9 Å². The van der Waals surface area contributed by atoms with Gasteiger partial charge >= 0.3 is 6.09 Å². The molecule has 3 amide bonds. The summed E-state index contributed by atoms with van der Waals surface area (Å²) in [4.78, 5) is 39.9. The van der Waals surface area contributed by atoms with Crippen LogP contribution in [0.25, 0.3) is 0 Å². The van der Waals surface area contributed by atoms with Crippen LogP contribution >= 0.6 is 11.6 Å². The molecule has 0 atom stereocenters. The molecule has 0 spiro atoms. The van der Waals surface area contributed by atoms with E-state index in [2.05, 4.69) is 0 Å². The maximum Gasteiger partial charge on any atom is 0.410 e. The summed E-state index contributed by atoms with van der Waals surface area (Å²) >= 11 is 6.45. The third-order valence-electron chi connectivity index (χ3n) is 4.58. The Morgan fingerprint density at radius 3 is 2.07 bits per heavy atom. The number of ether oxygens (including phenoxy) is 1. The number of carbonyl (C=O) groups is 3. The molecular formula is C20H23ClN2O4. The van der Waals surface area contributed by atoms with Gasteiger partial charge in [-0.25, -0.2) is 4.79 Å². The minimum atomic E-state index is -0.531. The van der Waals surface area contributed by atoms with Crippen molar-refractivity contribution < 1.29 is 19.1 Å². The highest BCUT2D eigenvalue weighted by molar-refractivity contribution is 6.31. The Labute approximate surface area is 163 Å². The first kappa shape index (κ1) is 19.4. The highest BCUT2D eigenvalue weighted by Crippen LogP contribution is 2.28. The Bertz CT molecular complexity index is 781. The number of fused-ring (bicyclic) bond motifs is 1. The number of halogens is 1. The highest BCUT2D eigenvalue weighted by atomic mass is 35.5. The van der Waals surface area contributed by atoms with Gasteiger partial charge in [-0.2, -0.15) is 0 Å². The van der Waals surface area contributed by atoms with Crippen LogP contribution in [-0.2, 0) is 4.74 Å². The zero-order valence-electron chi connectivity index (χ0n) is 15.8. The van der Waals surface area contributed by atoms with E-state index >= 15 is 0 Å². The molecule has 0 bridgehead atoms. The van der Waals surface area contributed by atoms with Gasteiger partial charge in [0.05, 0.1) is 17.7 Å². The van der Waals surface area contributed by atoms with Crippen molar-refractivity contribution in [2.75, 3.05) is 19.6 Å². The van der Waals surface area contributed by atoms with Crippen LogP contribution in [-0.4, -0.2) is 52.9 Å². The zero-order valence-corrected chi connectivity index (χ0v) is 16.5. The number of piperidine rings is 1. The summed E-state index contributed by atoms with van der Waals surface area (Å²) in [6.45, 7) is 6.57. The molecule has 1 saturated heterocycles. The summed E-state index contributed by atoms with van der Waals surface area (Å²) in [5.74, 6) is -0.638. The molecule has 2 aliphatic rings. The van der Waals surface area contributed by atoms with Gasteiger partial charge < -0.3 is 9.64 Å². The maximum atomic E-state index is 12.5. The van der Waals surface area contributed by atoms with Gasteiger partial charge in [0.25, 0.3) is 11.8 Å². The van der Waals surface area contributed by atoms with Crippen LogP contribution in [0.1, 0.15) is 54.3 Å². The van der Waals surface area contributed by atoms with E-state index in [0.717, 1.165) is 5.57 Å². The molecule has 0 saturated carbocycles. The zero-order chi connectivity index (χ0) is 19.8. The molecular weight excluding hydrogens is 368 g/mol. The van der Waals surface area contributed by atoms with Crippen molar-refractivity contribution >= 4 is 29.5 Å². The average Bonchev–Trinajstić information content (AvgIpc) is 2.86. The normalized spacial score (nSPS) is 17.3. The fourth-order valence-electron chi connectivity index (χ4n) is 3.19. The first-order chi connectivity index (χ1) is 12.7. The van der Waals surface area contributed by atoms with Crippen molar-refractivity contribution in [3.05, 3.63) is 46.0 Å². The minimum absolute atomic E-state index is 0.0652. The summed E-state index contributed by atoms with van der Waals surface area (Å²) in [5, 5.41) is 0.494. The Morgan fingerprint density at radius 1 is 1.07 bits per heavy atom. The van der Waals surface area contributed by atoms with Crippen molar-refractivity contribution in [3.63, 3.8) is 0 Å². The van der Waals surface area contributed by atoms with E-state index in [-0.39, 0.29) is 24.5 Å². The topological polar surface area (TPSA) is 66.9 Å². The third kappa shape index (κ3) is 4.16. The monoisotopic (exact) mass is 390 g/mol. The van der Waals surface area contributed by atoms with E-state index in [9.17, 15) is 14.4 Å². The second-order valence-corrected chi connectivity index (χ2v) is 8.17. The van der Waals surface area contributed by atoms with Crippen molar-refractivity contribution in [2.45, 2.75) is 39.2 Å². The van der Waals surface area contributed by atoms with Crippen LogP contribution in [0.3, 0.4) is 0 Å². The second kappa shape index (κ2) is 7.35. The number of hydrogen-bond acceptors (Lipinski definition) is 4. The van der Waals surface area contributed by atoms with Crippen molar-refractivity contribution in [2.24, 2.45) is 0 Å². The molecule has 1 aromatic rings. The van der Waals surface area contributed by atoms with Gasteiger partial charge in [0.15, 0.2) is 0 Å². The Hall–Kier alpha value is -2.34. The molecule has 2 heterocycles. The molecule has 2 aliphatic heterocycles. The molecule has 0 unspecified atom stereocenters. The number of benzene rings is 1. The summed E-state index contributed by atoms with van der Waals surface area (Å²) in [6, 6.07) is 6.77. The Kier molecular flexibility index (Phi) is 5.29. The minimum Gasteiger partial charge on any atom is -0.444 e. The summed E-state index contributed by atoms with van der Waals surface area (Å²) in [5.41, 5.74) is 1.26. The molecule has 3 rings (SSSR count). The molecule has 1 fully saturated rings. The molecule has 0 aliphatic carbocycles. The van der Waals surface area contributed by atoms with Crippen LogP contribution in [0.4, 0.5) is 4.79 Å². The number of likely N-dealkylation sites (tertiary alicyclic amines) is 1. The number of imide groups is 1. The third-order valence-corrected chi connectivity index (χ3v) is 4.96. The molecule has 27 heavy (non-hydrogen) atoms. The molecule has 0 aromatic heterocycles. The van der Waals surface area contributed by atoms with Crippen LogP contribution in [0.2, 0.25) is 0 Å². The van der Waals surface area contributed by atoms with Crippen LogP contribution in [0, 0.1) is 0 Å². The summed E-state index contributed by atoms with van der Waals surface area (Å²) in [7, 11) is 0. The van der Waals surface area contributed by atoms with Crippen molar-refractivity contribution in [3.8, 4) is 0 Å². The van der Waals surface area contributed by atoms with Gasteiger partial charge in [0.1, 0.15) is 5.60 Å². The van der Waals surface area contributed by atoms with Crippen LogP contribution in [0.5, 0.6) is 0 Å². The SMILES string of the molecule is CC(C)(C)OC(=O)N1CCC(=C(Cl)CN2C(=O)c3ccccc3C2=O)CC1. The fraction of sp³-hybridized carbons (Fsp3) is 0.450. The molecule has 144 valence electrons. The van der Waals surface area contributed by atoms with E-state index in [0.29, 0.717) is 42.1 Å². The lowest BCUT2D eigenvalue weighted by atomic mass is 10.0. The van der Waals surface area contributed by atoms with Gasteiger partial charge in [-0.05, 0) is 45.7 Å². The highest BCUT2D eigenvalue weighted by Gasteiger charge is 2.36. The second-order valence-electron chi connectivity index (χ2n) is 7.72. The number of amides is 3. The van der Waals surface area contributed by atoms with Gasteiger partial charge in [-0.15, -0.1) is 0 Å². The van der Waals surface area contributed by atoms with E-state index < -0.39 is 5.60 Å². The first-order valence-corrected chi connectivity index (χ1v) is 9.35. The van der Waals surface area contributed by atoms with Crippen molar-refractivity contribution in [1.29, 1.82) is 0 Å². The standard InChI is InChI=1S/C20H23ClN2O4/c1-20(2,3)27-19(26)22-10-8-13(9-11-22)16(21)12-23-17(24)14-6-4-5-7-15(14)18(23)25/h4-7H,8-12H2,1-3H3. The lowest BCUT2D eigenvalue weighted by molar-refractivity contribution is 0.0236. The Balaban J connectivity index is 1.63. The van der Waals surface area contributed by atoms with E-state index in [1.54, 1.807) is 29.2 Å². The van der Waals surface area contributed by atoms with E-state index in [1.165, 1.54) is 4.90 Å². The predicted molar refractivity (Wildman–Crippen MR) is 102 cm³/mol. The fourth-order valence-corrected chi connectivity index (χ4v) is 3.50. The van der Waals surface area contributed by atoms with Gasteiger partial charge in [-0.1, -0.05) is 29.3 Å². The summed E-state index contributed by atoms with van der Waals surface area (Å²) < 4.78 is 5.38. The molecule has 7 heteroatoms. The summed E-state index contributed by atoms with van der Waals surface area (Å²) in [6.07, 6.45) is 0.862. The van der Waals surface area contributed by atoms with Gasteiger partial charge in [0.2, 0.25) is 0 Å². The Morgan fingerprint density at radius 2 is 1.59 bits per heavy atom. The van der Waals surface area contributed by atoms with E-state index in [1.807, 2.05) is 20.8 Å². The number of carbonyl (C=O) groups excluding carboxylic acids is 3. The van der Waals surface area contributed by atoms with E-state index in [4.69, 9.17) is 16.3 Å². The van der Waals surface area contributed by atoms with Crippen molar-refractivity contribution in [1.82, 2.24) is 9.80 Å². The molecule has 1 aromatic carbocycles. The molecule has 0 radical (unpaired) electrons. The maximum absolute atomic E-state index is 12.5. The lowest BCUT2D eigenvalue weighted by Gasteiger charge is -2.31. The van der Waals surface area contributed by atoms with Crippen LogP contribution < -0.4 is 0 Å². The molecule has 6 nitrogen and oxygen atoms in total. The van der Waals surface area contributed by atoms with Gasteiger partial charge in [-0.3, -0.25) is 14.5 Å². The number of rotatable bonds is 2. The lowest BCUT2D eigenvalue weighted by Crippen LogP contribution is -2.40. The number of nitrogens with zero attached hydrogens (tertiary/aromatic N) is 2. The number of hydrogen-bond donors (Lipinski definition) is 0. The van der Waals surface area contributed by atoms with Gasteiger partial charge in [0, 0.05) is 18.1 Å². The molecule has 0 N–H and O–H groups in total. The smallest absolute Gasteiger partial charge is 0.410 e. The first-order valence-electron chi connectivity index (χ1n) is 8.97. The largest absolute Gasteiger partial charge is 0.444 e. The quantitative estimate of drug-likeness (QED) is 0.720.